The molecule has 0 radical (unpaired) electrons. The second-order valence-corrected chi connectivity index (χ2v) is 6.24. The SMILES string of the molecule is C#Cc1cnc(-c2nnc(NC3CC(C)(O)C3)cc2C)c(O)c1. The topological polar surface area (TPSA) is 91.2 Å². The van der Waals surface area contributed by atoms with Crippen LogP contribution in [0.5, 0.6) is 5.75 Å². The van der Waals surface area contributed by atoms with E-state index in [-0.39, 0.29) is 11.8 Å². The minimum absolute atomic E-state index is 0.0198. The van der Waals surface area contributed by atoms with Gasteiger partial charge in [0.25, 0.3) is 0 Å². The van der Waals surface area contributed by atoms with E-state index >= 15 is 0 Å². The van der Waals surface area contributed by atoms with Crippen molar-refractivity contribution in [2.45, 2.75) is 38.3 Å². The Kier molecular flexibility index (Phi) is 3.66. The van der Waals surface area contributed by atoms with Crippen molar-refractivity contribution in [3.05, 3.63) is 29.5 Å². The lowest BCUT2D eigenvalue weighted by molar-refractivity contribution is -0.0235. The lowest BCUT2D eigenvalue weighted by Gasteiger charge is -2.41. The van der Waals surface area contributed by atoms with Crippen LogP contribution in [0.1, 0.15) is 30.9 Å². The number of hydrogen-bond donors (Lipinski definition) is 3. The highest BCUT2D eigenvalue weighted by Gasteiger charge is 2.38. The van der Waals surface area contributed by atoms with Gasteiger partial charge in [-0.05, 0) is 44.4 Å². The van der Waals surface area contributed by atoms with Crippen molar-refractivity contribution in [3.63, 3.8) is 0 Å². The van der Waals surface area contributed by atoms with Crippen LogP contribution in [0.4, 0.5) is 5.82 Å². The molecule has 0 atom stereocenters. The average molecular weight is 310 g/mol. The van der Waals surface area contributed by atoms with Crippen LogP contribution in [0.15, 0.2) is 18.3 Å². The number of hydrogen-bond acceptors (Lipinski definition) is 6. The summed E-state index contributed by atoms with van der Waals surface area (Å²) in [6, 6.07) is 3.53. The van der Waals surface area contributed by atoms with E-state index in [9.17, 15) is 10.2 Å². The molecule has 6 nitrogen and oxygen atoms in total. The van der Waals surface area contributed by atoms with Crippen LogP contribution in [0, 0.1) is 19.3 Å². The first-order valence-electron chi connectivity index (χ1n) is 7.37. The highest BCUT2D eigenvalue weighted by molar-refractivity contribution is 5.66. The van der Waals surface area contributed by atoms with Crippen molar-refractivity contribution in [2.24, 2.45) is 0 Å². The van der Waals surface area contributed by atoms with E-state index in [4.69, 9.17) is 6.42 Å². The molecule has 0 unspecified atom stereocenters. The van der Waals surface area contributed by atoms with Gasteiger partial charge in [-0.1, -0.05) is 5.92 Å². The molecule has 6 heteroatoms. The number of aromatic hydroxyl groups is 1. The van der Waals surface area contributed by atoms with Crippen molar-refractivity contribution in [1.82, 2.24) is 15.2 Å². The van der Waals surface area contributed by atoms with Crippen LogP contribution in [0.25, 0.3) is 11.4 Å². The third-order valence-electron chi connectivity index (χ3n) is 3.97. The first-order valence-corrected chi connectivity index (χ1v) is 7.37. The molecule has 0 aliphatic heterocycles. The van der Waals surface area contributed by atoms with Crippen LogP contribution in [0.2, 0.25) is 0 Å². The van der Waals surface area contributed by atoms with Crippen molar-refractivity contribution in [2.75, 3.05) is 5.32 Å². The van der Waals surface area contributed by atoms with E-state index in [1.54, 1.807) is 0 Å². The zero-order valence-electron chi connectivity index (χ0n) is 13.0. The summed E-state index contributed by atoms with van der Waals surface area (Å²) < 4.78 is 0. The molecule has 1 fully saturated rings. The number of nitrogens with one attached hydrogen (secondary N) is 1. The van der Waals surface area contributed by atoms with Crippen molar-refractivity contribution in [1.29, 1.82) is 0 Å². The van der Waals surface area contributed by atoms with Crippen molar-refractivity contribution in [3.8, 4) is 29.5 Å². The lowest BCUT2D eigenvalue weighted by atomic mass is 9.77. The maximum absolute atomic E-state index is 10.1. The van der Waals surface area contributed by atoms with Gasteiger partial charge in [-0.15, -0.1) is 16.6 Å². The molecular formula is C17H18N4O2. The highest BCUT2D eigenvalue weighted by atomic mass is 16.3. The first-order chi connectivity index (χ1) is 10.9. The summed E-state index contributed by atoms with van der Waals surface area (Å²) in [7, 11) is 0. The Hall–Kier alpha value is -2.65. The third kappa shape index (κ3) is 3.10. The Morgan fingerprint density at radius 1 is 1.30 bits per heavy atom. The first kappa shape index (κ1) is 15.3. The maximum Gasteiger partial charge on any atom is 0.149 e. The Morgan fingerprint density at radius 3 is 2.61 bits per heavy atom. The predicted octanol–water partition coefficient (Wildman–Crippen LogP) is 1.86. The van der Waals surface area contributed by atoms with E-state index in [0.717, 1.165) is 5.56 Å². The van der Waals surface area contributed by atoms with Crippen LogP contribution < -0.4 is 5.32 Å². The summed E-state index contributed by atoms with van der Waals surface area (Å²) in [4.78, 5) is 4.17. The third-order valence-corrected chi connectivity index (χ3v) is 3.97. The molecule has 1 saturated carbocycles. The highest BCUT2D eigenvalue weighted by Crippen LogP contribution is 2.34. The zero-order chi connectivity index (χ0) is 16.6. The second-order valence-electron chi connectivity index (χ2n) is 6.24. The number of terminal acetylenes is 1. The van der Waals surface area contributed by atoms with Gasteiger partial charge in [0.2, 0.25) is 0 Å². The van der Waals surface area contributed by atoms with Gasteiger partial charge >= 0.3 is 0 Å². The molecule has 23 heavy (non-hydrogen) atoms. The van der Waals surface area contributed by atoms with Crippen molar-refractivity contribution < 1.29 is 10.2 Å². The van der Waals surface area contributed by atoms with Gasteiger partial charge < -0.3 is 15.5 Å². The molecule has 118 valence electrons. The standard InChI is InChI=1S/C17H18N4O2/c1-4-11-6-13(22)16(18-9-11)15-10(2)5-14(20-21-15)19-12-7-17(3,23)8-12/h1,5-6,9,12,22-23H,7-8H2,2-3H3,(H,19,20). The smallest absolute Gasteiger partial charge is 0.149 e. The van der Waals surface area contributed by atoms with Crippen LogP contribution in [-0.4, -0.2) is 37.0 Å². The number of rotatable bonds is 3. The summed E-state index contributed by atoms with van der Waals surface area (Å²) in [6.45, 7) is 3.70. The fourth-order valence-electron chi connectivity index (χ4n) is 2.82. The van der Waals surface area contributed by atoms with Gasteiger partial charge in [0, 0.05) is 17.8 Å². The molecule has 1 aliphatic carbocycles. The fraction of sp³-hybridized carbons (Fsp3) is 0.353. The van der Waals surface area contributed by atoms with E-state index in [1.165, 1.54) is 12.3 Å². The molecule has 3 rings (SSSR count). The van der Waals surface area contributed by atoms with Gasteiger partial charge in [-0.25, -0.2) is 4.98 Å². The molecule has 2 aromatic heterocycles. The van der Waals surface area contributed by atoms with Gasteiger partial charge in [0.05, 0.1) is 5.60 Å². The quantitative estimate of drug-likeness (QED) is 0.750. The summed E-state index contributed by atoms with van der Waals surface area (Å²) >= 11 is 0. The van der Waals surface area contributed by atoms with E-state index in [2.05, 4.69) is 26.4 Å². The average Bonchev–Trinajstić information content (AvgIpc) is 2.46. The summed E-state index contributed by atoms with van der Waals surface area (Å²) in [6.07, 6.45) is 8.17. The molecule has 0 saturated heterocycles. The monoisotopic (exact) mass is 310 g/mol. The van der Waals surface area contributed by atoms with Gasteiger partial charge in [0.15, 0.2) is 0 Å². The fourth-order valence-corrected chi connectivity index (χ4v) is 2.82. The molecule has 2 heterocycles. The predicted molar refractivity (Wildman–Crippen MR) is 86.9 cm³/mol. The molecular weight excluding hydrogens is 292 g/mol. The van der Waals surface area contributed by atoms with E-state index in [0.29, 0.717) is 35.6 Å². The Balaban J connectivity index is 1.81. The van der Waals surface area contributed by atoms with Gasteiger partial charge in [-0.3, -0.25) is 0 Å². The number of aliphatic hydroxyl groups is 1. The largest absolute Gasteiger partial charge is 0.506 e. The summed E-state index contributed by atoms with van der Waals surface area (Å²) in [5.41, 5.74) is 1.62. The molecule has 0 amide bonds. The summed E-state index contributed by atoms with van der Waals surface area (Å²) in [5.74, 6) is 3.05. The minimum atomic E-state index is -0.589. The number of pyridine rings is 1. The molecule has 0 bridgehead atoms. The maximum atomic E-state index is 10.1. The van der Waals surface area contributed by atoms with Gasteiger partial charge in [-0.2, -0.15) is 0 Å². The molecule has 1 aliphatic rings. The number of aryl methyl sites for hydroxylation is 1. The number of nitrogens with zero attached hydrogens (tertiary/aromatic N) is 3. The Morgan fingerprint density at radius 2 is 2.04 bits per heavy atom. The minimum Gasteiger partial charge on any atom is -0.506 e. The molecule has 2 aromatic rings. The second kappa shape index (κ2) is 5.52. The van der Waals surface area contributed by atoms with Crippen molar-refractivity contribution >= 4 is 5.82 Å². The van der Waals surface area contributed by atoms with Crippen LogP contribution in [-0.2, 0) is 0 Å². The van der Waals surface area contributed by atoms with E-state index in [1.807, 2.05) is 19.9 Å². The zero-order valence-corrected chi connectivity index (χ0v) is 13.0. The van der Waals surface area contributed by atoms with Crippen LogP contribution in [0.3, 0.4) is 0 Å². The van der Waals surface area contributed by atoms with E-state index < -0.39 is 5.60 Å². The Labute approximate surface area is 134 Å². The van der Waals surface area contributed by atoms with Crippen LogP contribution >= 0.6 is 0 Å². The number of aromatic nitrogens is 3. The number of anilines is 1. The van der Waals surface area contributed by atoms with Gasteiger partial charge in [0.1, 0.15) is 23.0 Å². The normalized spacial score (nSPS) is 23.0. The lowest BCUT2D eigenvalue weighted by Crippen LogP contribution is -2.48. The molecule has 3 N–H and O–H groups in total. The molecule has 0 spiro atoms. The molecule has 0 aromatic carbocycles. The summed E-state index contributed by atoms with van der Waals surface area (Å²) in [5, 5.41) is 31.3. The Bertz CT molecular complexity index is 788.